The highest BCUT2D eigenvalue weighted by atomic mass is 16.5. The molecule has 0 N–H and O–H groups in total. The van der Waals surface area contributed by atoms with Crippen LogP contribution in [0.1, 0.15) is 24.6 Å². The number of nitrogens with zero attached hydrogens (tertiary/aromatic N) is 1. The molecule has 0 amide bonds. The van der Waals surface area contributed by atoms with Gasteiger partial charge in [0, 0.05) is 23.0 Å². The molecule has 2 aromatic rings. The maximum atomic E-state index is 5.29. The zero-order valence-corrected chi connectivity index (χ0v) is 10.3. The van der Waals surface area contributed by atoms with Gasteiger partial charge in [0.05, 0.1) is 7.11 Å². The van der Waals surface area contributed by atoms with Gasteiger partial charge in [-0.25, -0.2) is 0 Å². The maximum absolute atomic E-state index is 5.29. The first kappa shape index (κ1) is 10.5. The quantitative estimate of drug-likeness (QED) is 0.777. The largest absolute Gasteiger partial charge is 0.497 e. The highest BCUT2D eigenvalue weighted by Gasteiger charge is 2.26. The van der Waals surface area contributed by atoms with E-state index >= 15 is 0 Å². The standard InChI is InChI=1S/C15H17NO/c1-11-6-9-15(16(11)13-7-8-13)12-4-3-5-14(10-12)17-2/h3-6,9-10,13H,7-8H2,1-2H3. The molecular weight excluding hydrogens is 210 g/mol. The lowest BCUT2D eigenvalue weighted by Crippen LogP contribution is -1.98. The Balaban J connectivity index is 2.08. The molecule has 3 rings (SSSR count). The van der Waals surface area contributed by atoms with E-state index in [4.69, 9.17) is 4.74 Å². The van der Waals surface area contributed by atoms with Crippen molar-refractivity contribution < 1.29 is 4.74 Å². The molecule has 0 radical (unpaired) electrons. The molecular formula is C15H17NO. The van der Waals surface area contributed by atoms with Crippen LogP contribution in [0.25, 0.3) is 11.3 Å². The van der Waals surface area contributed by atoms with E-state index in [9.17, 15) is 0 Å². The molecule has 0 atom stereocenters. The van der Waals surface area contributed by atoms with Crippen LogP contribution >= 0.6 is 0 Å². The summed E-state index contributed by atoms with van der Waals surface area (Å²) in [5.41, 5.74) is 3.90. The van der Waals surface area contributed by atoms with Crippen molar-refractivity contribution in [3.05, 3.63) is 42.1 Å². The molecule has 17 heavy (non-hydrogen) atoms. The van der Waals surface area contributed by atoms with E-state index in [-0.39, 0.29) is 0 Å². The molecule has 2 nitrogen and oxygen atoms in total. The van der Waals surface area contributed by atoms with Gasteiger partial charge >= 0.3 is 0 Å². The van der Waals surface area contributed by atoms with Gasteiger partial charge in [-0.3, -0.25) is 0 Å². The summed E-state index contributed by atoms with van der Waals surface area (Å²) in [6.45, 7) is 2.18. The summed E-state index contributed by atoms with van der Waals surface area (Å²) in [5.74, 6) is 0.920. The van der Waals surface area contributed by atoms with E-state index in [1.807, 2.05) is 12.1 Å². The molecule has 1 fully saturated rings. The predicted octanol–water partition coefficient (Wildman–Crippen LogP) is 3.81. The fourth-order valence-corrected chi connectivity index (χ4v) is 2.39. The van der Waals surface area contributed by atoms with Gasteiger partial charge in [-0.2, -0.15) is 0 Å². The second-order valence-corrected chi connectivity index (χ2v) is 4.69. The number of aromatic nitrogens is 1. The molecule has 2 heteroatoms. The minimum Gasteiger partial charge on any atom is -0.497 e. The fourth-order valence-electron chi connectivity index (χ4n) is 2.39. The fraction of sp³-hybridized carbons (Fsp3) is 0.333. The van der Waals surface area contributed by atoms with Gasteiger partial charge in [0.2, 0.25) is 0 Å². The summed E-state index contributed by atoms with van der Waals surface area (Å²) >= 11 is 0. The first-order chi connectivity index (χ1) is 8.29. The number of hydrogen-bond donors (Lipinski definition) is 0. The van der Waals surface area contributed by atoms with E-state index in [2.05, 4.69) is 35.8 Å². The predicted molar refractivity (Wildman–Crippen MR) is 69.4 cm³/mol. The van der Waals surface area contributed by atoms with Gasteiger partial charge < -0.3 is 9.30 Å². The van der Waals surface area contributed by atoms with E-state index < -0.39 is 0 Å². The van der Waals surface area contributed by atoms with E-state index in [1.54, 1.807) is 7.11 Å². The lowest BCUT2D eigenvalue weighted by molar-refractivity contribution is 0.415. The van der Waals surface area contributed by atoms with E-state index in [0.29, 0.717) is 6.04 Å². The summed E-state index contributed by atoms with van der Waals surface area (Å²) in [6, 6.07) is 13.4. The van der Waals surface area contributed by atoms with Gasteiger partial charge in [0.25, 0.3) is 0 Å². The van der Waals surface area contributed by atoms with Gasteiger partial charge in [0.1, 0.15) is 5.75 Å². The average Bonchev–Trinajstić information content (AvgIpc) is 3.12. The third-order valence-corrected chi connectivity index (χ3v) is 3.40. The Kier molecular flexibility index (Phi) is 2.43. The van der Waals surface area contributed by atoms with Crippen molar-refractivity contribution in [1.82, 2.24) is 4.57 Å². The highest BCUT2D eigenvalue weighted by molar-refractivity contribution is 5.63. The number of methoxy groups -OCH3 is 1. The van der Waals surface area contributed by atoms with Crippen molar-refractivity contribution in [2.75, 3.05) is 7.11 Å². The zero-order chi connectivity index (χ0) is 11.8. The summed E-state index contributed by atoms with van der Waals surface area (Å²) < 4.78 is 7.74. The van der Waals surface area contributed by atoms with Crippen molar-refractivity contribution >= 4 is 0 Å². The third-order valence-electron chi connectivity index (χ3n) is 3.40. The minimum absolute atomic E-state index is 0.714. The molecule has 1 aromatic heterocycles. The second-order valence-electron chi connectivity index (χ2n) is 4.69. The number of aryl methyl sites for hydroxylation is 1. The molecule has 0 spiro atoms. The van der Waals surface area contributed by atoms with Crippen LogP contribution in [-0.2, 0) is 0 Å². The molecule has 1 saturated carbocycles. The highest BCUT2D eigenvalue weighted by Crippen LogP contribution is 2.40. The van der Waals surface area contributed by atoms with Gasteiger partial charge in [-0.05, 0) is 44.0 Å². The number of ether oxygens (including phenoxy) is 1. The molecule has 88 valence electrons. The molecule has 1 heterocycles. The summed E-state index contributed by atoms with van der Waals surface area (Å²) in [5, 5.41) is 0. The Hall–Kier alpha value is -1.70. The minimum atomic E-state index is 0.714. The topological polar surface area (TPSA) is 14.2 Å². The lowest BCUT2D eigenvalue weighted by Gasteiger charge is -2.11. The van der Waals surface area contributed by atoms with E-state index in [0.717, 1.165) is 5.75 Å². The van der Waals surface area contributed by atoms with Crippen molar-refractivity contribution in [3.8, 4) is 17.0 Å². The lowest BCUT2D eigenvalue weighted by atomic mass is 10.1. The first-order valence-corrected chi connectivity index (χ1v) is 6.12. The molecule has 0 saturated heterocycles. The third kappa shape index (κ3) is 1.84. The number of rotatable bonds is 3. The monoisotopic (exact) mass is 227 g/mol. The number of hydrogen-bond acceptors (Lipinski definition) is 1. The summed E-state index contributed by atoms with van der Waals surface area (Å²) in [4.78, 5) is 0. The van der Waals surface area contributed by atoms with Crippen LogP contribution in [0.5, 0.6) is 5.75 Å². The Labute approximate surface area is 102 Å². The van der Waals surface area contributed by atoms with Crippen LogP contribution in [0.15, 0.2) is 36.4 Å². The first-order valence-electron chi connectivity index (χ1n) is 6.12. The Morgan fingerprint density at radius 3 is 2.71 bits per heavy atom. The average molecular weight is 227 g/mol. The molecule has 1 aliphatic rings. The second kappa shape index (κ2) is 3.95. The maximum Gasteiger partial charge on any atom is 0.119 e. The van der Waals surface area contributed by atoms with Crippen LogP contribution in [0.4, 0.5) is 0 Å². The van der Waals surface area contributed by atoms with Crippen molar-refractivity contribution in [1.29, 1.82) is 0 Å². The molecule has 0 bridgehead atoms. The smallest absolute Gasteiger partial charge is 0.119 e. The van der Waals surface area contributed by atoms with Crippen LogP contribution in [0, 0.1) is 6.92 Å². The zero-order valence-electron chi connectivity index (χ0n) is 10.3. The van der Waals surface area contributed by atoms with Crippen LogP contribution in [0.2, 0.25) is 0 Å². The van der Waals surface area contributed by atoms with E-state index in [1.165, 1.54) is 29.8 Å². The van der Waals surface area contributed by atoms with Gasteiger partial charge in [-0.15, -0.1) is 0 Å². The number of benzene rings is 1. The normalized spacial score (nSPS) is 14.9. The molecule has 1 aromatic carbocycles. The van der Waals surface area contributed by atoms with Crippen LogP contribution < -0.4 is 4.74 Å². The Morgan fingerprint density at radius 1 is 1.18 bits per heavy atom. The Bertz CT molecular complexity index is 538. The van der Waals surface area contributed by atoms with Crippen molar-refractivity contribution in [3.63, 3.8) is 0 Å². The molecule has 1 aliphatic carbocycles. The van der Waals surface area contributed by atoms with Crippen LogP contribution in [-0.4, -0.2) is 11.7 Å². The van der Waals surface area contributed by atoms with Crippen molar-refractivity contribution in [2.45, 2.75) is 25.8 Å². The Morgan fingerprint density at radius 2 is 2.00 bits per heavy atom. The SMILES string of the molecule is COc1cccc(-c2ccc(C)n2C2CC2)c1. The van der Waals surface area contributed by atoms with Crippen molar-refractivity contribution in [2.24, 2.45) is 0 Å². The molecule has 0 unspecified atom stereocenters. The van der Waals surface area contributed by atoms with Gasteiger partial charge in [0.15, 0.2) is 0 Å². The van der Waals surface area contributed by atoms with Crippen LogP contribution in [0.3, 0.4) is 0 Å². The molecule has 0 aliphatic heterocycles. The summed E-state index contributed by atoms with van der Waals surface area (Å²) in [6.07, 6.45) is 2.62. The summed E-state index contributed by atoms with van der Waals surface area (Å²) in [7, 11) is 1.71. The van der Waals surface area contributed by atoms with Gasteiger partial charge in [-0.1, -0.05) is 12.1 Å².